The van der Waals surface area contributed by atoms with Crippen LogP contribution in [0.15, 0.2) is 18.2 Å². The fraction of sp³-hybridized carbons (Fsp3) is 0.143. The second-order valence-electron chi connectivity index (χ2n) is 4.92. The van der Waals surface area contributed by atoms with Gasteiger partial charge < -0.3 is 0 Å². The Labute approximate surface area is 163 Å². The van der Waals surface area contributed by atoms with Gasteiger partial charge in [-0.05, 0) is 71.4 Å². The van der Waals surface area contributed by atoms with Crippen molar-refractivity contribution in [2.24, 2.45) is 0 Å². The van der Waals surface area contributed by atoms with Gasteiger partial charge in [0, 0.05) is 0 Å². The Morgan fingerprint density at radius 2 is 1.00 bits per heavy atom. The number of hydrogen-bond acceptors (Lipinski definition) is 7. The van der Waals surface area contributed by atoms with Gasteiger partial charge in [-0.15, -0.1) is 0 Å². The van der Waals surface area contributed by atoms with E-state index in [0.717, 1.165) is 16.8 Å². The normalized spacial score (nSPS) is 10.8. The minimum absolute atomic E-state index is 0.0718. The third-order valence-electron chi connectivity index (χ3n) is 3.20. The number of anilines is 3. The first-order valence-electron chi connectivity index (χ1n) is 6.85. The number of halogens is 4. The molecule has 0 radical (unpaired) electrons. The van der Waals surface area contributed by atoms with Crippen molar-refractivity contribution < 1.29 is 0 Å². The van der Waals surface area contributed by atoms with Crippen molar-refractivity contribution in [1.82, 2.24) is 29.9 Å². The van der Waals surface area contributed by atoms with Crippen LogP contribution >= 0.6 is 46.4 Å². The first kappa shape index (κ1) is 18.0. The smallest absolute Gasteiger partial charge is 0.242 e. The van der Waals surface area contributed by atoms with Crippen LogP contribution in [-0.4, -0.2) is 29.9 Å². The summed E-state index contributed by atoms with van der Waals surface area (Å²) in [6, 6.07) is 5.77. The summed E-state index contributed by atoms with van der Waals surface area (Å²) >= 11 is 23.7. The summed E-state index contributed by atoms with van der Waals surface area (Å²) in [5.74, 6) is 0.251. The fourth-order valence-corrected chi connectivity index (χ4v) is 2.99. The molecule has 2 heterocycles. The summed E-state index contributed by atoms with van der Waals surface area (Å²) < 4.78 is 0. The molecule has 3 aromatic rings. The first-order valence-corrected chi connectivity index (χ1v) is 8.37. The van der Waals surface area contributed by atoms with Gasteiger partial charge in [-0.2, -0.15) is 29.9 Å². The highest BCUT2D eigenvalue weighted by atomic mass is 35.5. The molecular formula is C14H9Cl4N7. The van der Waals surface area contributed by atoms with E-state index in [4.69, 9.17) is 46.4 Å². The van der Waals surface area contributed by atoms with E-state index in [0.29, 0.717) is 0 Å². The topological polar surface area (TPSA) is 80.6 Å². The molecule has 0 spiro atoms. The molecule has 0 saturated carbocycles. The molecule has 0 bridgehead atoms. The van der Waals surface area contributed by atoms with Gasteiger partial charge in [-0.25, -0.2) is 4.90 Å². The quantitative estimate of drug-likeness (QED) is 0.608. The predicted octanol–water partition coefficient (Wildman–Crippen LogP) is 4.76. The molecule has 0 aliphatic rings. The van der Waals surface area contributed by atoms with Crippen molar-refractivity contribution in [1.29, 1.82) is 0 Å². The lowest BCUT2D eigenvalue weighted by molar-refractivity contribution is 0.944. The van der Waals surface area contributed by atoms with Gasteiger partial charge in [0.05, 0.1) is 5.69 Å². The Morgan fingerprint density at radius 1 is 0.640 bits per heavy atom. The molecule has 0 atom stereocenters. The van der Waals surface area contributed by atoms with Gasteiger partial charge >= 0.3 is 0 Å². The molecule has 11 heteroatoms. The van der Waals surface area contributed by atoms with Gasteiger partial charge in [-0.1, -0.05) is 18.2 Å². The van der Waals surface area contributed by atoms with E-state index in [-0.39, 0.29) is 33.0 Å². The van der Waals surface area contributed by atoms with Crippen LogP contribution in [0.4, 0.5) is 17.6 Å². The van der Waals surface area contributed by atoms with Gasteiger partial charge in [0.25, 0.3) is 0 Å². The van der Waals surface area contributed by atoms with E-state index >= 15 is 0 Å². The molecule has 0 fully saturated rings. The molecule has 3 rings (SSSR count). The van der Waals surface area contributed by atoms with Crippen molar-refractivity contribution >= 4 is 64.0 Å². The van der Waals surface area contributed by atoms with Gasteiger partial charge in [0.1, 0.15) is 0 Å². The lowest BCUT2D eigenvalue weighted by Crippen LogP contribution is -2.19. The molecule has 0 saturated heterocycles. The van der Waals surface area contributed by atoms with Crippen LogP contribution in [0.5, 0.6) is 0 Å². The fourth-order valence-electron chi connectivity index (χ4n) is 2.28. The van der Waals surface area contributed by atoms with Crippen molar-refractivity contribution in [3.8, 4) is 0 Å². The molecule has 0 unspecified atom stereocenters. The Morgan fingerprint density at radius 3 is 1.36 bits per heavy atom. The van der Waals surface area contributed by atoms with Gasteiger partial charge in [0.15, 0.2) is 0 Å². The van der Waals surface area contributed by atoms with Crippen LogP contribution in [0, 0.1) is 13.8 Å². The van der Waals surface area contributed by atoms with Crippen LogP contribution in [0.3, 0.4) is 0 Å². The van der Waals surface area contributed by atoms with Crippen molar-refractivity contribution in [3.63, 3.8) is 0 Å². The Hall–Kier alpha value is -1.80. The number of hydrogen-bond donors (Lipinski definition) is 0. The lowest BCUT2D eigenvalue weighted by Gasteiger charge is -2.24. The zero-order valence-corrected chi connectivity index (χ0v) is 15.9. The maximum absolute atomic E-state index is 5.93. The third-order valence-corrected chi connectivity index (χ3v) is 3.88. The largest absolute Gasteiger partial charge is 0.246 e. The highest BCUT2D eigenvalue weighted by Crippen LogP contribution is 2.36. The minimum atomic E-state index is -0.0718. The summed E-state index contributed by atoms with van der Waals surface area (Å²) in [7, 11) is 0. The average molecular weight is 417 g/mol. The monoisotopic (exact) mass is 415 g/mol. The maximum atomic E-state index is 5.93. The highest BCUT2D eigenvalue weighted by molar-refractivity contribution is 6.31. The first-order chi connectivity index (χ1) is 11.8. The molecule has 0 amide bonds. The number of rotatable bonds is 3. The van der Waals surface area contributed by atoms with Crippen LogP contribution < -0.4 is 4.90 Å². The maximum Gasteiger partial charge on any atom is 0.242 e. The second kappa shape index (κ2) is 7.21. The van der Waals surface area contributed by atoms with Crippen molar-refractivity contribution in [2.45, 2.75) is 13.8 Å². The van der Waals surface area contributed by atoms with Crippen LogP contribution in [0.25, 0.3) is 0 Å². The van der Waals surface area contributed by atoms with E-state index in [1.165, 1.54) is 0 Å². The average Bonchev–Trinajstić information content (AvgIpc) is 2.49. The van der Waals surface area contributed by atoms with E-state index in [9.17, 15) is 0 Å². The van der Waals surface area contributed by atoms with Crippen LogP contribution in [-0.2, 0) is 0 Å². The number of para-hydroxylation sites is 1. The Balaban J connectivity index is 2.32. The summed E-state index contributed by atoms with van der Waals surface area (Å²) in [4.78, 5) is 25.6. The molecule has 1 aromatic carbocycles. The summed E-state index contributed by atoms with van der Waals surface area (Å²) in [5.41, 5.74) is 2.57. The number of aryl methyl sites for hydroxylation is 2. The molecule has 128 valence electrons. The third kappa shape index (κ3) is 3.90. The minimum Gasteiger partial charge on any atom is -0.246 e. The molecule has 0 N–H and O–H groups in total. The lowest BCUT2D eigenvalue weighted by atomic mass is 10.1. The van der Waals surface area contributed by atoms with Crippen molar-refractivity contribution in [3.05, 3.63) is 50.5 Å². The second-order valence-corrected chi connectivity index (χ2v) is 6.28. The van der Waals surface area contributed by atoms with Gasteiger partial charge in [0.2, 0.25) is 33.0 Å². The van der Waals surface area contributed by atoms with Crippen LogP contribution in [0.2, 0.25) is 21.1 Å². The number of nitrogens with zero attached hydrogens (tertiary/aromatic N) is 7. The molecule has 0 aliphatic heterocycles. The zero-order chi connectivity index (χ0) is 18.1. The highest BCUT2D eigenvalue weighted by Gasteiger charge is 2.24. The summed E-state index contributed by atoms with van der Waals surface area (Å²) in [6.07, 6.45) is 0. The Bertz CT molecular complexity index is 838. The molecule has 7 nitrogen and oxygen atoms in total. The van der Waals surface area contributed by atoms with Crippen LogP contribution in [0.1, 0.15) is 11.1 Å². The number of benzene rings is 1. The molecule has 0 aliphatic carbocycles. The standard InChI is InChI=1S/C14H9Cl4N7/c1-6-4-3-5-7(2)8(6)25(13-21-9(15)19-10(16)22-13)14-23-11(17)20-12(18)24-14/h3-5H,1-2H3. The number of aromatic nitrogens is 6. The summed E-state index contributed by atoms with van der Waals surface area (Å²) in [6.45, 7) is 3.84. The molecular weight excluding hydrogens is 408 g/mol. The van der Waals surface area contributed by atoms with Crippen molar-refractivity contribution in [2.75, 3.05) is 4.90 Å². The van der Waals surface area contributed by atoms with E-state index in [2.05, 4.69) is 29.9 Å². The van der Waals surface area contributed by atoms with E-state index in [1.807, 2.05) is 32.0 Å². The van der Waals surface area contributed by atoms with E-state index in [1.54, 1.807) is 4.90 Å². The zero-order valence-electron chi connectivity index (χ0n) is 12.9. The van der Waals surface area contributed by atoms with Gasteiger partial charge in [-0.3, -0.25) is 0 Å². The Kier molecular flexibility index (Phi) is 5.19. The predicted molar refractivity (Wildman–Crippen MR) is 97.4 cm³/mol. The van der Waals surface area contributed by atoms with E-state index < -0.39 is 0 Å². The SMILES string of the molecule is Cc1cccc(C)c1N(c1nc(Cl)nc(Cl)n1)c1nc(Cl)nc(Cl)n1. The molecule has 2 aromatic heterocycles. The molecule has 25 heavy (non-hydrogen) atoms. The summed E-state index contributed by atoms with van der Waals surface area (Å²) in [5, 5.41) is -0.287.